The predicted octanol–water partition coefficient (Wildman–Crippen LogP) is 4.99. The number of rotatable bonds is 6. The summed E-state index contributed by atoms with van der Waals surface area (Å²) in [6.07, 6.45) is 13.0. The third kappa shape index (κ3) is 4.53. The molecule has 0 amide bonds. The van der Waals surface area contributed by atoms with Crippen LogP contribution in [-0.4, -0.2) is 43.0 Å². The monoisotopic (exact) mass is 337 g/mol. The molecule has 1 saturated carbocycles. The van der Waals surface area contributed by atoms with E-state index in [-0.39, 0.29) is 5.79 Å². The van der Waals surface area contributed by atoms with Gasteiger partial charge in [-0.1, -0.05) is 33.6 Å². The Labute approximate surface area is 149 Å². The van der Waals surface area contributed by atoms with Gasteiger partial charge in [0.25, 0.3) is 0 Å². The zero-order valence-corrected chi connectivity index (χ0v) is 16.3. The molecule has 0 aromatic heterocycles. The highest BCUT2D eigenvalue weighted by atomic mass is 16.7. The number of hydrogen-bond acceptors (Lipinski definition) is 3. The first kappa shape index (κ1) is 18.7. The number of nitrogens with zero attached hydrogens (tertiary/aromatic N) is 1. The molecule has 1 aliphatic carbocycles. The molecule has 2 heterocycles. The van der Waals surface area contributed by atoms with Crippen LogP contribution in [0.2, 0.25) is 0 Å². The second-order valence-corrected chi connectivity index (χ2v) is 9.12. The second kappa shape index (κ2) is 8.05. The zero-order chi connectivity index (χ0) is 17.0. The van der Waals surface area contributed by atoms with E-state index in [1.165, 1.54) is 71.0 Å². The molecule has 140 valence electrons. The molecule has 3 fully saturated rings. The Hall–Kier alpha value is -0.120. The molecule has 0 aromatic rings. The Kier molecular flexibility index (Phi) is 6.26. The Bertz CT molecular complexity index is 381. The molecule has 1 spiro atoms. The van der Waals surface area contributed by atoms with E-state index in [9.17, 15) is 0 Å². The van der Waals surface area contributed by atoms with Gasteiger partial charge in [-0.15, -0.1) is 0 Å². The zero-order valence-electron chi connectivity index (χ0n) is 16.3. The molecule has 1 atom stereocenters. The van der Waals surface area contributed by atoms with Crippen molar-refractivity contribution >= 4 is 0 Å². The van der Waals surface area contributed by atoms with Crippen LogP contribution in [0.5, 0.6) is 0 Å². The first-order chi connectivity index (χ1) is 11.5. The average Bonchev–Trinajstić information content (AvgIpc) is 2.99. The summed E-state index contributed by atoms with van der Waals surface area (Å²) in [4.78, 5) is 2.63. The van der Waals surface area contributed by atoms with E-state index in [0.29, 0.717) is 11.5 Å². The molecule has 3 aliphatic rings. The van der Waals surface area contributed by atoms with Crippen LogP contribution in [0.15, 0.2) is 0 Å². The van der Waals surface area contributed by atoms with Gasteiger partial charge in [-0.25, -0.2) is 0 Å². The van der Waals surface area contributed by atoms with Crippen LogP contribution in [0, 0.1) is 11.3 Å². The summed E-state index contributed by atoms with van der Waals surface area (Å²) < 4.78 is 12.6. The molecular weight excluding hydrogens is 298 g/mol. The van der Waals surface area contributed by atoms with E-state index >= 15 is 0 Å². The smallest absolute Gasteiger partial charge is 0.168 e. The lowest BCUT2D eigenvalue weighted by atomic mass is 9.68. The van der Waals surface area contributed by atoms with Crippen molar-refractivity contribution in [2.24, 2.45) is 11.3 Å². The maximum absolute atomic E-state index is 6.43. The van der Waals surface area contributed by atoms with E-state index in [1.54, 1.807) is 0 Å². The summed E-state index contributed by atoms with van der Waals surface area (Å²) in [6, 6.07) is 0. The number of hydrogen-bond donors (Lipinski definition) is 0. The Morgan fingerprint density at radius 3 is 2.46 bits per heavy atom. The topological polar surface area (TPSA) is 21.7 Å². The normalized spacial score (nSPS) is 35.6. The van der Waals surface area contributed by atoms with Crippen molar-refractivity contribution in [3.8, 4) is 0 Å². The largest absolute Gasteiger partial charge is 0.347 e. The number of ether oxygens (including phenoxy) is 2. The number of likely N-dealkylation sites (tertiary alicyclic amines) is 1. The van der Waals surface area contributed by atoms with Gasteiger partial charge >= 0.3 is 0 Å². The van der Waals surface area contributed by atoms with Gasteiger partial charge in [-0.2, -0.15) is 0 Å². The summed E-state index contributed by atoms with van der Waals surface area (Å²) in [5.74, 6) is 0.606. The summed E-state index contributed by atoms with van der Waals surface area (Å²) in [7, 11) is 0. The minimum absolute atomic E-state index is 0.226. The fourth-order valence-electron chi connectivity index (χ4n) is 4.87. The molecule has 0 bridgehead atoms. The van der Waals surface area contributed by atoms with Gasteiger partial charge in [-0.3, -0.25) is 0 Å². The molecule has 0 radical (unpaired) electrons. The van der Waals surface area contributed by atoms with Crippen LogP contribution in [-0.2, 0) is 9.47 Å². The van der Waals surface area contributed by atoms with E-state index in [0.717, 1.165) is 25.4 Å². The molecule has 0 aromatic carbocycles. The van der Waals surface area contributed by atoms with E-state index in [2.05, 4.69) is 25.7 Å². The molecular formula is C21H39NO2. The van der Waals surface area contributed by atoms with E-state index < -0.39 is 0 Å². The molecule has 3 nitrogen and oxygen atoms in total. The minimum atomic E-state index is -0.226. The van der Waals surface area contributed by atoms with Gasteiger partial charge in [0, 0.05) is 12.8 Å². The predicted molar refractivity (Wildman–Crippen MR) is 99.1 cm³/mol. The van der Waals surface area contributed by atoms with Crippen molar-refractivity contribution in [2.45, 2.75) is 96.9 Å². The lowest BCUT2D eigenvalue weighted by Gasteiger charge is -2.42. The minimum Gasteiger partial charge on any atom is -0.347 e. The highest BCUT2D eigenvalue weighted by molar-refractivity contribution is 4.89. The van der Waals surface area contributed by atoms with Crippen molar-refractivity contribution in [3.63, 3.8) is 0 Å². The van der Waals surface area contributed by atoms with Gasteiger partial charge in [-0.05, 0) is 69.5 Å². The summed E-state index contributed by atoms with van der Waals surface area (Å²) >= 11 is 0. The third-order valence-electron chi connectivity index (χ3n) is 7.13. The first-order valence-electron chi connectivity index (χ1n) is 10.6. The quantitative estimate of drug-likeness (QED) is 0.681. The summed E-state index contributed by atoms with van der Waals surface area (Å²) in [5, 5.41) is 0. The van der Waals surface area contributed by atoms with Gasteiger partial charge < -0.3 is 14.4 Å². The van der Waals surface area contributed by atoms with Gasteiger partial charge in [0.15, 0.2) is 5.79 Å². The van der Waals surface area contributed by atoms with Crippen LogP contribution in [0.1, 0.15) is 85.0 Å². The van der Waals surface area contributed by atoms with Crippen molar-refractivity contribution in [1.29, 1.82) is 0 Å². The van der Waals surface area contributed by atoms with Crippen molar-refractivity contribution in [2.75, 3.05) is 26.2 Å². The maximum Gasteiger partial charge on any atom is 0.168 e. The average molecular weight is 338 g/mol. The highest BCUT2D eigenvalue weighted by Gasteiger charge is 2.46. The van der Waals surface area contributed by atoms with E-state index in [1.807, 2.05) is 0 Å². The van der Waals surface area contributed by atoms with Crippen molar-refractivity contribution in [3.05, 3.63) is 0 Å². The summed E-state index contributed by atoms with van der Waals surface area (Å²) in [6.45, 7) is 11.9. The lowest BCUT2D eigenvalue weighted by Crippen LogP contribution is -2.39. The molecule has 3 rings (SSSR count). The van der Waals surface area contributed by atoms with Crippen LogP contribution < -0.4 is 0 Å². The fourth-order valence-corrected chi connectivity index (χ4v) is 4.87. The van der Waals surface area contributed by atoms with Gasteiger partial charge in [0.05, 0.1) is 12.7 Å². The molecule has 3 heteroatoms. The standard InChI is InChI=1S/C21H39NO2/c1-4-20(2,3)18-10-12-21(13-11-18)23-17-19(24-21)9-8-16-22-14-6-5-7-15-22/h18-19H,4-17H2,1-3H3. The van der Waals surface area contributed by atoms with Crippen LogP contribution in [0.25, 0.3) is 0 Å². The highest BCUT2D eigenvalue weighted by Crippen LogP contribution is 2.47. The Morgan fingerprint density at radius 2 is 1.79 bits per heavy atom. The molecule has 0 N–H and O–H groups in total. The van der Waals surface area contributed by atoms with E-state index in [4.69, 9.17) is 9.47 Å². The molecule has 2 aliphatic heterocycles. The molecule has 2 saturated heterocycles. The van der Waals surface area contributed by atoms with Crippen LogP contribution in [0.4, 0.5) is 0 Å². The third-order valence-corrected chi connectivity index (χ3v) is 7.13. The Balaban J connectivity index is 1.38. The van der Waals surface area contributed by atoms with Crippen molar-refractivity contribution < 1.29 is 9.47 Å². The first-order valence-corrected chi connectivity index (χ1v) is 10.6. The van der Waals surface area contributed by atoms with Crippen LogP contribution in [0.3, 0.4) is 0 Å². The lowest BCUT2D eigenvalue weighted by molar-refractivity contribution is -0.197. The SMILES string of the molecule is CCC(C)(C)C1CCC2(CC1)OCC(CCCN1CCCCC1)O2. The number of piperidine rings is 1. The summed E-state index contributed by atoms with van der Waals surface area (Å²) in [5.41, 5.74) is 0.466. The van der Waals surface area contributed by atoms with Gasteiger partial charge in [0.1, 0.15) is 0 Å². The van der Waals surface area contributed by atoms with Crippen molar-refractivity contribution in [1.82, 2.24) is 4.90 Å². The molecule has 1 unspecified atom stereocenters. The van der Waals surface area contributed by atoms with Gasteiger partial charge in [0.2, 0.25) is 0 Å². The molecule has 24 heavy (non-hydrogen) atoms. The second-order valence-electron chi connectivity index (χ2n) is 9.12. The Morgan fingerprint density at radius 1 is 1.08 bits per heavy atom. The fraction of sp³-hybridized carbons (Fsp3) is 1.00. The maximum atomic E-state index is 6.43. The van der Waals surface area contributed by atoms with Crippen LogP contribution >= 0.6 is 0 Å².